The summed E-state index contributed by atoms with van der Waals surface area (Å²) < 4.78 is 0. The maximum absolute atomic E-state index is 4.43. The smallest absolute Gasteiger partial charge is 0.183 e. The number of imidazole rings is 1. The Kier molecular flexibility index (Phi) is 2.85. The van der Waals surface area contributed by atoms with Gasteiger partial charge in [-0.2, -0.15) is 0 Å². The molecule has 0 saturated carbocycles. The minimum absolute atomic E-state index is 0.705. The van der Waals surface area contributed by atoms with Crippen molar-refractivity contribution in [1.82, 2.24) is 19.9 Å². The molecule has 0 amide bonds. The van der Waals surface area contributed by atoms with Crippen LogP contribution in [0.1, 0.15) is 19.2 Å². The Bertz CT molecular complexity index is 514. The van der Waals surface area contributed by atoms with E-state index < -0.39 is 0 Å². The molecule has 0 aliphatic carbocycles. The van der Waals surface area contributed by atoms with Gasteiger partial charge in [-0.3, -0.25) is 0 Å². The predicted octanol–water partition coefficient (Wildman–Crippen LogP) is 1.90. The van der Waals surface area contributed by atoms with Crippen LogP contribution in [-0.2, 0) is 6.42 Å². The van der Waals surface area contributed by atoms with Gasteiger partial charge in [-0.1, -0.05) is 5.57 Å². The summed E-state index contributed by atoms with van der Waals surface area (Å²) in [7, 11) is 1.84. The normalized spacial score (nSPS) is 10.6. The van der Waals surface area contributed by atoms with E-state index in [-0.39, 0.29) is 0 Å². The standard InChI is InChI=1S/C11H15N5/c1-7(2)4-5-8-15-10(12-3)9-11(16-8)14-6-13-9/h6H,1,4-5H2,2-3H3,(H2,12,13,14,15,16). The number of nitrogens with one attached hydrogen (secondary N) is 2. The van der Waals surface area contributed by atoms with Gasteiger partial charge < -0.3 is 10.3 Å². The highest BCUT2D eigenvalue weighted by molar-refractivity contribution is 5.82. The lowest BCUT2D eigenvalue weighted by Crippen LogP contribution is -2.01. The summed E-state index contributed by atoms with van der Waals surface area (Å²) in [6.07, 6.45) is 3.33. The Morgan fingerprint density at radius 1 is 1.50 bits per heavy atom. The summed E-state index contributed by atoms with van der Waals surface area (Å²) in [6.45, 7) is 5.88. The summed E-state index contributed by atoms with van der Waals surface area (Å²) in [6, 6.07) is 0. The zero-order valence-corrected chi connectivity index (χ0v) is 9.54. The SMILES string of the molecule is C=C(C)CCc1nc(NC)c2[nH]cnc2n1. The number of rotatable bonds is 4. The molecular weight excluding hydrogens is 202 g/mol. The molecule has 0 aromatic carbocycles. The largest absolute Gasteiger partial charge is 0.371 e. The fourth-order valence-electron chi connectivity index (χ4n) is 1.50. The summed E-state index contributed by atoms with van der Waals surface area (Å²) >= 11 is 0. The van der Waals surface area contributed by atoms with Gasteiger partial charge in [-0.25, -0.2) is 15.0 Å². The second-order valence-corrected chi connectivity index (χ2v) is 3.80. The first-order valence-electron chi connectivity index (χ1n) is 5.23. The van der Waals surface area contributed by atoms with E-state index in [4.69, 9.17) is 0 Å². The Morgan fingerprint density at radius 2 is 2.31 bits per heavy atom. The molecule has 0 aliphatic heterocycles. The molecule has 0 spiro atoms. The molecule has 2 N–H and O–H groups in total. The van der Waals surface area contributed by atoms with E-state index in [0.29, 0.717) is 5.65 Å². The third kappa shape index (κ3) is 2.03. The third-order valence-electron chi connectivity index (χ3n) is 2.34. The molecule has 0 saturated heterocycles. The molecular formula is C11H15N5. The fourth-order valence-corrected chi connectivity index (χ4v) is 1.50. The number of hydrogen-bond donors (Lipinski definition) is 2. The highest BCUT2D eigenvalue weighted by Gasteiger charge is 2.08. The van der Waals surface area contributed by atoms with E-state index in [0.717, 1.165) is 35.6 Å². The highest BCUT2D eigenvalue weighted by atomic mass is 15.1. The molecule has 0 unspecified atom stereocenters. The lowest BCUT2D eigenvalue weighted by Gasteiger charge is -2.04. The predicted molar refractivity (Wildman–Crippen MR) is 64.4 cm³/mol. The van der Waals surface area contributed by atoms with Gasteiger partial charge in [0.05, 0.1) is 6.33 Å². The van der Waals surface area contributed by atoms with E-state index in [1.54, 1.807) is 6.33 Å². The molecule has 5 heteroatoms. The first-order chi connectivity index (χ1) is 7.70. The molecule has 84 valence electrons. The van der Waals surface area contributed by atoms with Crippen LogP contribution < -0.4 is 5.32 Å². The van der Waals surface area contributed by atoms with Crippen LogP contribution >= 0.6 is 0 Å². The lowest BCUT2D eigenvalue weighted by molar-refractivity contribution is 0.861. The first-order valence-corrected chi connectivity index (χ1v) is 5.23. The number of aromatic nitrogens is 4. The minimum Gasteiger partial charge on any atom is -0.371 e. The van der Waals surface area contributed by atoms with Crippen LogP contribution in [0.2, 0.25) is 0 Å². The van der Waals surface area contributed by atoms with Gasteiger partial charge in [-0.15, -0.1) is 6.58 Å². The molecule has 5 nitrogen and oxygen atoms in total. The number of hydrogen-bond acceptors (Lipinski definition) is 4. The van der Waals surface area contributed by atoms with Crippen molar-refractivity contribution < 1.29 is 0 Å². The number of aromatic amines is 1. The Balaban J connectivity index is 2.35. The number of fused-ring (bicyclic) bond motifs is 1. The Hall–Kier alpha value is -1.91. The van der Waals surface area contributed by atoms with Crippen molar-refractivity contribution in [3.05, 3.63) is 24.3 Å². The van der Waals surface area contributed by atoms with Crippen molar-refractivity contribution in [3.63, 3.8) is 0 Å². The molecule has 2 heterocycles. The van der Waals surface area contributed by atoms with Gasteiger partial charge in [0.1, 0.15) is 11.3 Å². The number of nitrogens with zero attached hydrogens (tertiary/aromatic N) is 3. The molecule has 0 fully saturated rings. The maximum atomic E-state index is 4.43. The summed E-state index contributed by atoms with van der Waals surface area (Å²) in [5.74, 6) is 1.59. The van der Waals surface area contributed by atoms with Gasteiger partial charge in [-0.05, 0) is 13.3 Å². The second kappa shape index (κ2) is 4.30. The maximum Gasteiger partial charge on any atom is 0.183 e. The van der Waals surface area contributed by atoms with Crippen molar-refractivity contribution in [2.75, 3.05) is 12.4 Å². The van der Waals surface area contributed by atoms with Gasteiger partial charge in [0.2, 0.25) is 0 Å². The topological polar surface area (TPSA) is 66.5 Å². The Labute approximate surface area is 94.0 Å². The van der Waals surface area contributed by atoms with Gasteiger partial charge >= 0.3 is 0 Å². The number of aryl methyl sites for hydroxylation is 1. The van der Waals surface area contributed by atoms with Crippen LogP contribution in [0.5, 0.6) is 0 Å². The summed E-state index contributed by atoms with van der Waals surface area (Å²) in [5.41, 5.74) is 2.69. The first kappa shape index (κ1) is 10.6. The van der Waals surface area contributed by atoms with Gasteiger partial charge in [0.15, 0.2) is 11.5 Å². The molecule has 16 heavy (non-hydrogen) atoms. The van der Waals surface area contributed by atoms with E-state index >= 15 is 0 Å². The van der Waals surface area contributed by atoms with Crippen molar-refractivity contribution in [2.24, 2.45) is 0 Å². The lowest BCUT2D eigenvalue weighted by atomic mass is 10.2. The quantitative estimate of drug-likeness (QED) is 0.768. The van der Waals surface area contributed by atoms with Crippen LogP contribution in [0.25, 0.3) is 11.2 Å². The number of allylic oxidation sites excluding steroid dienone is 1. The number of H-pyrrole nitrogens is 1. The fraction of sp³-hybridized carbons (Fsp3) is 0.364. The van der Waals surface area contributed by atoms with Crippen molar-refractivity contribution in [1.29, 1.82) is 0 Å². The van der Waals surface area contributed by atoms with E-state index in [9.17, 15) is 0 Å². The van der Waals surface area contributed by atoms with Crippen LogP contribution in [0.4, 0.5) is 5.82 Å². The molecule has 0 atom stereocenters. The zero-order valence-electron chi connectivity index (χ0n) is 9.54. The number of anilines is 1. The molecule has 0 bridgehead atoms. The molecule has 2 rings (SSSR count). The highest BCUT2D eigenvalue weighted by Crippen LogP contribution is 2.16. The van der Waals surface area contributed by atoms with Crippen LogP contribution in [-0.4, -0.2) is 27.0 Å². The van der Waals surface area contributed by atoms with Crippen LogP contribution in [0.15, 0.2) is 18.5 Å². The van der Waals surface area contributed by atoms with Crippen molar-refractivity contribution in [3.8, 4) is 0 Å². The minimum atomic E-state index is 0.705. The molecule has 2 aromatic rings. The van der Waals surface area contributed by atoms with Gasteiger partial charge in [0, 0.05) is 13.5 Å². The average Bonchev–Trinajstić information content (AvgIpc) is 2.73. The third-order valence-corrected chi connectivity index (χ3v) is 2.34. The molecule has 2 aromatic heterocycles. The zero-order chi connectivity index (χ0) is 11.5. The van der Waals surface area contributed by atoms with Crippen LogP contribution in [0.3, 0.4) is 0 Å². The Morgan fingerprint density at radius 3 is 3.00 bits per heavy atom. The van der Waals surface area contributed by atoms with Gasteiger partial charge in [0.25, 0.3) is 0 Å². The van der Waals surface area contributed by atoms with E-state index in [1.807, 2.05) is 14.0 Å². The van der Waals surface area contributed by atoms with E-state index in [2.05, 4.69) is 31.8 Å². The second-order valence-electron chi connectivity index (χ2n) is 3.80. The van der Waals surface area contributed by atoms with Crippen molar-refractivity contribution in [2.45, 2.75) is 19.8 Å². The van der Waals surface area contributed by atoms with Crippen molar-refractivity contribution >= 4 is 17.0 Å². The van der Waals surface area contributed by atoms with Crippen LogP contribution in [0, 0.1) is 0 Å². The van der Waals surface area contributed by atoms with E-state index in [1.165, 1.54) is 0 Å². The molecule has 0 aliphatic rings. The monoisotopic (exact) mass is 217 g/mol. The molecule has 0 radical (unpaired) electrons. The average molecular weight is 217 g/mol. The summed E-state index contributed by atoms with van der Waals surface area (Å²) in [5, 5.41) is 3.04. The summed E-state index contributed by atoms with van der Waals surface area (Å²) in [4.78, 5) is 16.0.